The van der Waals surface area contributed by atoms with Crippen molar-refractivity contribution < 1.29 is 17.3 Å². The van der Waals surface area contributed by atoms with Crippen molar-refractivity contribution in [1.82, 2.24) is 9.97 Å². The van der Waals surface area contributed by atoms with E-state index in [0.29, 0.717) is 10.2 Å². The van der Waals surface area contributed by atoms with E-state index in [0.717, 1.165) is 11.3 Å². The van der Waals surface area contributed by atoms with Gasteiger partial charge < -0.3 is 8.92 Å². The summed E-state index contributed by atoms with van der Waals surface area (Å²) in [5.41, 5.74) is 0.596. The molecule has 0 spiro atoms. The molecule has 6 nitrogen and oxygen atoms in total. The molecule has 0 unspecified atom stereocenters. The second-order valence-corrected chi connectivity index (χ2v) is 6.93. The number of hydrogen-bond acceptors (Lipinski definition) is 7. The number of aromatic nitrogens is 2. The van der Waals surface area contributed by atoms with Crippen molar-refractivity contribution in [3.8, 4) is 11.8 Å². The smallest absolute Gasteiger partial charge is 0.351 e. The lowest BCUT2D eigenvalue weighted by Crippen LogP contribution is -2.11. The molecule has 0 aliphatic heterocycles. The number of thiophene rings is 1. The maximum Gasteiger partial charge on any atom is 0.351 e. The quantitative estimate of drug-likeness (QED) is 0.775. The number of aryl methyl sites for hydroxylation is 1. The summed E-state index contributed by atoms with van der Waals surface area (Å²) in [7, 11) is -2.59. The average molecular weight is 365 g/mol. The highest BCUT2D eigenvalue weighted by Gasteiger charge is 2.24. The molecule has 0 saturated carbocycles. The van der Waals surface area contributed by atoms with Crippen LogP contribution in [0, 0.1) is 6.92 Å². The number of ether oxygens (including phenoxy) is 1. The fourth-order valence-corrected chi connectivity index (χ4v) is 4.37. The Bertz CT molecular complexity index is 699. The summed E-state index contributed by atoms with van der Waals surface area (Å²) >= 11 is 4.19. The Labute approximate surface area is 122 Å². The van der Waals surface area contributed by atoms with Crippen molar-refractivity contribution in [1.29, 1.82) is 0 Å². The van der Waals surface area contributed by atoms with Gasteiger partial charge >= 0.3 is 10.1 Å². The van der Waals surface area contributed by atoms with Crippen molar-refractivity contribution >= 4 is 37.4 Å². The highest BCUT2D eigenvalue weighted by Crippen LogP contribution is 2.31. The second-order valence-electron chi connectivity index (χ2n) is 3.42. The van der Waals surface area contributed by atoms with Crippen LogP contribution in [0.25, 0.3) is 0 Å². The van der Waals surface area contributed by atoms with E-state index in [1.165, 1.54) is 13.3 Å². The van der Waals surface area contributed by atoms with E-state index in [9.17, 15) is 8.42 Å². The van der Waals surface area contributed by atoms with Crippen molar-refractivity contribution in [2.45, 2.75) is 11.1 Å². The predicted octanol–water partition coefficient (Wildman–Crippen LogP) is 2.39. The number of hydrogen-bond donors (Lipinski definition) is 0. The third-order valence-electron chi connectivity index (χ3n) is 2.02. The topological polar surface area (TPSA) is 78.4 Å². The maximum absolute atomic E-state index is 12.1. The first-order valence-electron chi connectivity index (χ1n) is 4.99. The normalized spacial score (nSPS) is 11.3. The summed E-state index contributed by atoms with van der Waals surface area (Å²) in [6.07, 6.45) is 1.40. The van der Waals surface area contributed by atoms with Crippen LogP contribution in [-0.4, -0.2) is 25.5 Å². The lowest BCUT2D eigenvalue weighted by atomic mass is 10.5. The fraction of sp³-hybridized carbons (Fsp3) is 0.200. The van der Waals surface area contributed by atoms with E-state index in [1.54, 1.807) is 18.4 Å². The van der Waals surface area contributed by atoms with Crippen LogP contribution in [0.2, 0.25) is 0 Å². The Morgan fingerprint density at radius 2 is 2.11 bits per heavy atom. The van der Waals surface area contributed by atoms with Gasteiger partial charge in [0, 0.05) is 0 Å². The predicted molar refractivity (Wildman–Crippen MR) is 73.2 cm³/mol. The van der Waals surface area contributed by atoms with E-state index < -0.39 is 10.1 Å². The van der Waals surface area contributed by atoms with Crippen LogP contribution in [0.15, 0.2) is 26.3 Å². The first kappa shape index (κ1) is 14.2. The summed E-state index contributed by atoms with van der Waals surface area (Å²) < 4.78 is 34.6. The lowest BCUT2D eigenvalue weighted by molar-refractivity contribution is 0.367. The molecule has 2 rings (SSSR count). The first-order valence-corrected chi connectivity index (χ1v) is 8.07. The van der Waals surface area contributed by atoms with Crippen molar-refractivity contribution in [2.24, 2.45) is 0 Å². The Kier molecular flexibility index (Phi) is 4.07. The van der Waals surface area contributed by atoms with Crippen LogP contribution < -0.4 is 8.92 Å². The highest BCUT2D eigenvalue weighted by atomic mass is 79.9. The molecule has 2 aromatic heterocycles. The summed E-state index contributed by atoms with van der Waals surface area (Å²) in [5, 5.41) is 1.64. The van der Waals surface area contributed by atoms with Gasteiger partial charge in [-0.2, -0.15) is 8.42 Å². The van der Waals surface area contributed by atoms with Crippen LogP contribution in [0.4, 0.5) is 0 Å². The van der Waals surface area contributed by atoms with E-state index in [4.69, 9.17) is 8.92 Å². The van der Waals surface area contributed by atoms with Crippen LogP contribution in [0.1, 0.15) is 5.69 Å². The van der Waals surface area contributed by atoms with E-state index in [2.05, 4.69) is 25.9 Å². The largest absolute Gasteiger partial charge is 0.477 e. The van der Waals surface area contributed by atoms with Crippen molar-refractivity contribution in [3.63, 3.8) is 0 Å². The molecule has 0 bridgehead atoms. The zero-order valence-corrected chi connectivity index (χ0v) is 13.2. The van der Waals surface area contributed by atoms with Gasteiger partial charge in [0.2, 0.25) is 0 Å². The molecule has 0 radical (unpaired) electrons. The SMILES string of the molecule is COc1nc(C)cnc1OS(=O)(=O)c1sccc1Br. The molecule has 0 amide bonds. The van der Waals surface area contributed by atoms with E-state index in [-0.39, 0.29) is 16.0 Å². The van der Waals surface area contributed by atoms with Gasteiger partial charge in [-0.1, -0.05) is 0 Å². The first-order chi connectivity index (χ1) is 8.94. The summed E-state index contributed by atoms with van der Waals surface area (Å²) in [6, 6.07) is 1.62. The fourth-order valence-electron chi connectivity index (χ4n) is 1.23. The van der Waals surface area contributed by atoms with Crippen LogP contribution in [0.3, 0.4) is 0 Å². The summed E-state index contributed by atoms with van der Waals surface area (Å²) in [5.74, 6) is -0.162. The molecule has 0 N–H and O–H groups in total. The Morgan fingerprint density at radius 3 is 2.68 bits per heavy atom. The second kappa shape index (κ2) is 5.43. The highest BCUT2D eigenvalue weighted by molar-refractivity contribution is 9.10. The Morgan fingerprint density at radius 1 is 1.37 bits per heavy atom. The Balaban J connectivity index is 2.39. The minimum absolute atomic E-state index is 0.0243. The van der Waals surface area contributed by atoms with Gasteiger partial charge in [-0.05, 0) is 34.3 Å². The molecule has 19 heavy (non-hydrogen) atoms. The van der Waals surface area contributed by atoms with Crippen LogP contribution in [0.5, 0.6) is 11.8 Å². The summed E-state index contributed by atoms with van der Waals surface area (Å²) in [6.45, 7) is 1.71. The molecule has 0 saturated heterocycles. The van der Waals surface area contributed by atoms with Gasteiger partial charge in [-0.25, -0.2) is 9.97 Å². The lowest BCUT2D eigenvalue weighted by Gasteiger charge is -2.08. The molecular weight excluding hydrogens is 356 g/mol. The molecule has 0 atom stereocenters. The molecule has 102 valence electrons. The molecule has 0 aliphatic carbocycles. The third kappa shape index (κ3) is 3.04. The Hall–Kier alpha value is -1.19. The maximum atomic E-state index is 12.1. The van der Waals surface area contributed by atoms with Gasteiger partial charge in [0.25, 0.3) is 11.8 Å². The average Bonchev–Trinajstić information content (AvgIpc) is 2.78. The van der Waals surface area contributed by atoms with Crippen LogP contribution >= 0.6 is 27.3 Å². The molecule has 2 aromatic rings. The standard InChI is InChI=1S/C10H9BrN2O4S2/c1-6-5-12-8(9(13-6)16-2)17-19(14,15)10-7(11)3-4-18-10/h3-5H,1-2H3. The molecule has 0 fully saturated rings. The zero-order chi connectivity index (χ0) is 14.0. The van der Waals surface area contributed by atoms with Gasteiger partial charge in [0.15, 0.2) is 4.21 Å². The van der Waals surface area contributed by atoms with Gasteiger partial charge in [-0.3, -0.25) is 0 Å². The summed E-state index contributed by atoms with van der Waals surface area (Å²) in [4.78, 5) is 7.87. The number of rotatable bonds is 4. The number of halogens is 1. The van der Waals surface area contributed by atoms with E-state index >= 15 is 0 Å². The van der Waals surface area contributed by atoms with Gasteiger partial charge in [0.1, 0.15) is 0 Å². The minimum Gasteiger partial charge on any atom is -0.477 e. The third-order valence-corrected chi connectivity index (χ3v) is 5.87. The zero-order valence-electron chi connectivity index (χ0n) is 9.95. The monoisotopic (exact) mass is 364 g/mol. The van der Waals surface area contributed by atoms with Crippen molar-refractivity contribution in [2.75, 3.05) is 7.11 Å². The minimum atomic E-state index is -3.96. The van der Waals surface area contributed by atoms with Crippen LogP contribution in [-0.2, 0) is 10.1 Å². The molecule has 0 aliphatic rings. The number of methoxy groups -OCH3 is 1. The number of nitrogens with zero attached hydrogens (tertiary/aromatic N) is 2. The van der Waals surface area contributed by atoms with Crippen molar-refractivity contribution in [3.05, 3.63) is 27.8 Å². The van der Waals surface area contributed by atoms with E-state index in [1.807, 2.05) is 0 Å². The van der Waals surface area contributed by atoms with Gasteiger partial charge in [0.05, 0.1) is 23.5 Å². The molecular formula is C10H9BrN2O4S2. The van der Waals surface area contributed by atoms with Gasteiger partial charge in [-0.15, -0.1) is 11.3 Å². The molecule has 0 aromatic carbocycles. The molecule has 9 heteroatoms. The molecule has 2 heterocycles.